The van der Waals surface area contributed by atoms with Gasteiger partial charge in [0.15, 0.2) is 0 Å². The van der Waals surface area contributed by atoms with Gasteiger partial charge in [-0.1, -0.05) is 48.5 Å². The number of para-hydroxylation sites is 1. The molecule has 2 aromatic rings. The Morgan fingerprint density at radius 1 is 1.09 bits per heavy atom. The van der Waals surface area contributed by atoms with Crippen LogP contribution in [0, 0.1) is 0 Å². The summed E-state index contributed by atoms with van der Waals surface area (Å²) in [5.74, 6) is 0. The molecular formula is C19H22N2O2. The standard InChI is InChI=1S/C19H22N2O2/c22-19(20-17-10-5-2-6-11-17)23-18-12-7-13-21(15-18)14-16-8-3-1-4-9-16/h1-6,8-11,18H,7,12-15H2,(H,20,22). The van der Waals surface area contributed by atoms with Crippen LogP contribution in [-0.4, -0.2) is 30.2 Å². The van der Waals surface area contributed by atoms with Gasteiger partial charge in [0.05, 0.1) is 0 Å². The van der Waals surface area contributed by atoms with Gasteiger partial charge < -0.3 is 4.74 Å². The minimum absolute atomic E-state index is 0.0452. The van der Waals surface area contributed by atoms with Crippen LogP contribution in [0.1, 0.15) is 18.4 Å². The van der Waals surface area contributed by atoms with Crippen LogP contribution in [0.2, 0.25) is 0 Å². The lowest BCUT2D eigenvalue weighted by Gasteiger charge is -2.32. The Hall–Kier alpha value is -2.33. The highest BCUT2D eigenvalue weighted by Crippen LogP contribution is 2.17. The zero-order valence-electron chi connectivity index (χ0n) is 13.2. The van der Waals surface area contributed by atoms with E-state index in [0.717, 1.165) is 38.2 Å². The van der Waals surface area contributed by atoms with Crippen LogP contribution in [0.5, 0.6) is 0 Å². The second-order valence-corrected chi connectivity index (χ2v) is 5.88. The first kappa shape index (κ1) is 15.6. The minimum Gasteiger partial charge on any atom is -0.445 e. The molecule has 1 atom stereocenters. The zero-order chi connectivity index (χ0) is 15.9. The number of ether oxygens (including phenoxy) is 1. The Morgan fingerprint density at radius 3 is 2.52 bits per heavy atom. The number of amides is 1. The average molecular weight is 310 g/mol. The van der Waals surface area contributed by atoms with Crippen LogP contribution in [-0.2, 0) is 11.3 Å². The quantitative estimate of drug-likeness (QED) is 0.931. The summed E-state index contributed by atoms with van der Waals surface area (Å²) in [7, 11) is 0. The molecule has 0 radical (unpaired) electrons. The van der Waals surface area contributed by atoms with Gasteiger partial charge in [-0.2, -0.15) is 0 Å². The third kappa shape index (κ3) is 4.83. The van der Waals surface area contributed by atoms with Gasteiger partial charge in [0.2, 0.25) is 0 Å². The first-order valence-corrected chi connectivity index (χ1v) is 8.08. The Balaban J connectivity index is 1.49. The molecule has 2 aromatic carbocycles. The fourth-order valence-electron chi connectivity index (χ4n) is 2.91. The summed E-state index contributed by atoms with van der Waals surface area (Å²) in [5.41, 5.74) is 2.05. The van der Waals surface area contributed by atoms with Crippen LogP contribution in [0.15, 0.2) is 60.7 Å². The van der Waals surface area contributed by atoms with Gasteiger partial charge in [0.25, 0.3) is 0 Å². The molecule has 1 N–H and O–H groups in total. The van der Waals surface area contributed by atoms with Crippen molar-refractivity contribution in [3.63, 3.8) is 0 Å². The van der Waals surface area contributed by atoms with Crippen LogP contribution < -0.4 is 5.32 Å². The van der Waals surface area contributed by atoms with Gasteiger partial charge >= 0.3 is 6.09 Å². The van der Waals surface area contributed by atoms with E-state index in [-0.39, 0.29) is 12.2 Å². The molecule has 1 aliphatic rings. The average Bonchev–Trinajstić information content (AvgIpc) is 2.57. The second-order valence-electron chi connectivity index (χ2n) is 5.88. The molecule has 0 aromatic heterocycles. The van der Waals surface area contributed by atoms with E-state index in [1.54, 1.807) is 0 Å². The van der Waals surface area contributed by atoms with E-state index >= 15 is 0 Å². The number of benzene rings is 2. The zero-order valence-corrected chi connectivity index (χ0v) is 13.2. The summed E-state index contributed by atoms with van der Waals surface area (Å²) in [6.07, 6.45) is 1.56. The number of nitrogens with zero attached hydrogens (tertiary/aromatic N) is 1. The molecule has 0 bridgehead atoms. The van der Waals surface area contributed by atoms with E-state index in [1.165, 1.54) is 5.56 Å². The molecule has 1 aliphatic heterocycles. The number of nitrogens with one attached hydrogen (secondary N) is 1. The van der Waals surface area contributed by atoms with Gasteiger partial charge in [0, 0.05) is 18.8 Å². The number of rotatable bonds is 4. The number of hydrogen-bond donors (Lipinski definition) is 1. The lowest BCUT2D eigenvalue weighted by atomic mass is 10.1. The Morgan fingerprint density at radius 2 is 1.78 bits per heavy atom. The van der Waals surface area contributed by atoms with E-state index in [0.29, 0.717) is 0 Å². The predicted molar refractivity (Wildman–Crippen MR) is 91.3 cm³/mol. The molecule has 1 unspecified atom stereocenters. The summed E-state index contributed by atoms with van der Waals surface area (Å²) in [6, 6.07) is 19.8. The number of piperidine rings is 1. The van der Waals surface area contributed by atoms with Crippen molar-refractivity contribution in [1.29, 1.82) is 0 Å². The van der Waals surface area contributed by atoms with Crippen molar-refractivity contribution in [2.45, 2.75) is 25.5 Å². The molecule has 1 saturated heterocycles. The molecule has 3 rings (SSSR count). The van der Waals surface area contributed by atoms with Crippen LogP contribution in [0.25, 0.3) is 0 Å². The molecule has 4 heteroatoms. The Kier molecular flexibility index (Phi) is 5.27. The van der Waals surface area contributed by atoms with Crippen molar-refractivity contribution in [3.8, 4) is 0 Å². The molecule has 0 aliphatic carbocycles. The largest absolute Gasteiger partial charge is 0.445 e. The maximum Gasteiger partial charge on any atom is 0.411 e. The smallest absolute Gasteiger partial charge is 0.411 e. The SMILES string of the molecule is O=C(Nc1ccccc1)OC1CCCN(Cc2ccccc2)C1. The lowest BCUT2D eigenvalue weighted by molar-refractivity contribution is 0.0471. The third-order valence-electron chi connectivity index (χ3n) is 4.01. The van der Waals surface area contributed by atoms with Crippen molar-refractivity contribution >= 4 is 11.8 Å². The molecule has 1 fully saturated rings. The summed E-state index contributed by atoms with van der Waals surface area (Å²) in [5, 5.41) is 2.77. The summed E-state index contributed by atoms with van der Waals surface area (Å²) in [6.45, 7) is 2.74. The minimum atomic E-state index is -0.372. The van der Waals surface area contributed by atoms with Gasteiger partial charge in [0.1, 0.15) is 6.10 Å². The van der Waals surface area contributed by atoms with Crippen molar-refractivity contribution in [1.82, 2.24) is 4.90 Å². The highest BCUT2D eigenvalue weighted by molar-refractivity contribution is 5.84. The number of carbonyl (C=O) groups is 1. The lowest BCUT2D eigenvalue weighted by Crippen LogP contribution is -2.40. The monoisotopic (exact) mass is 310 g/mol. The van der Waals surface area contributed by atoms with E-state index < -0.39 is 0 Å². The fraction of sp³-hybridized carbons (Fsp3) is 0.316. The van der Waals surface area contributed by atoms with Gasteiger partial charge in [-0.15, -0.1) is 0 Å². The third-order valence-corrected chi connectivity index (χ3v) is 4.01. The van der Waals surface area contributed by atoms with Gasteiger partial charge in [-0.25, -0.2) is 4.79 Å². The molecule has 23 heavy (non-hydrogen) atoms. The number of likely N-dealkylation sites (tertiary alicyclic amines) is 1. The van der Waals surface area contributed by atoms with Crippen molar-refractivity contribution in [2.75, 3.05) is 18.4 Å². The van der Waals surface area contributed by atoms with E-state index in [2.05, 4.69) is 34.5 Å². The van der Waals surface area contributed by atoms with Crippen molar-refractivity contribution < 1.29 is 9.53 Å². The number of anilines is 1. The molecule has 1 amide bonds. The van der Waals surface area contributed by atoms with Gasteiger partial charge in [-0.05, 0) is 37.1 Å². The number of hydrogen-bond acceptors (Lipinski definition) is 3. The summed E-state index contributed by atoms with van der Waals surface area (Å²) in [4.78, 5) is 14.3. The Bertz CT molecular complexity index is 616. The maximum absolute atomic E-state index is 12.0. The second kappa shape index (κ2) is 7.79. The molecular weight excluding hydrogens is 288 g/mol. The van der Waals surface area contributed by atoms with Crippen LogP contribution in [0.3, 0.4) is 0 Å². The van der Waals surface area contributed by atoms with Crippen molar-refractivity contribution in [3.05, 3.63) is 66.2 Å². The van der Waals surface area contributed by atoms with Crippen molar-refractivity contribution in [2.24, 2.45) is 0 Å². The highest BCUT2D eigenvalue weighted by Gasteiger charge is 2.23. The highest BCUT2D eigenvalue weighted by atomic mass is 16.6. The van der Waals surface area contributed by atoms with E-state index in [9.17, 15) is 4.79 Å². The molecule has 1 heterocycles. The molecule has 0 saturated carbocycles. The first-order chi connectivity index (χ1) is 11.3. The van der Waals surface area contributed by atoms with E-state index in [1.807, 2.05) is 36.4 Å². The first-order valence-electron chi connectivity index (χ1n) is 8.08. The Labute approximate surface area is 137 Å². The van der Waals surface area contributed by atoms with E-state index in [4.69, 9.17) is 4.74 Å². The van der Waals surface area contributed by atoms with Crippen LogP contribution >= 0.6 is 0 Å². The fourth-order valence-corrected chi connectivity index (χ4v) is 2.91. The van der Waals surface area contributed by atoms with Gasteiger partial charge in [-0.3, -0.25) is 10.2 Å². The summed E-state index contributed by atoms with van der Waals surface area (Å²) >= 11 is 0. The normalized spacial score (nSPS) is 18.3. The number of carbonyl (C=O) groups excluding carboxylic acids is 1. The molecule has 120 valence electrons. The van der Waals surface area contributed by atoms with Crippen LogP contribution in [0.4, 0.5) is 10.5 Å². The summed E-state index contributed by atoms with van der Waals surface area (Å²) < 4.78 is 5.57. The topological polar surface area (TPSA) is 41.6 Å². The molecule has 0 spiro atoms. The maximum atomic E-state index is 12.0. The predicted octanol–water partition coefficient (Wildman–Crippen LogP) is 3.90. The molecule has 4 nitrogen and oxygen atoms in total.